The zero-order valence-corrected chi connectivity index (χ0v) is 17.2. The molecule has 3 N–H and O–H groups in total. The molecule has 1 unspecified atom stereocenters. The summed E-state index contributed by atoms with van der Waals surface area (Å²) in [6.07, 6.45) is 18.6. The molecule has 1 aliphatic rings. The second-order valence-electron chi connectivity index (χ2n) is 7.55. The number of carboxylic acid groups (broad SMARTS) is 2. The van der Waals surface area contributed by atoms with E-state index in [-0.39, 0.29) is 0 Å². The van der Waals surface area contributed by atoms with Crippen molar-refractivity contribution in [2.24, 2.45) is 0 Å². The monoisotopic (exact) mass is 387 g/mol. The van der Waals surface area contributed by atoms with Crippen LogP contribution in [0.15, 0.2) is 0 Å². The second kappa shape index (κ2) is 18.2. The Kier molecular flexibility index (Phi) is 17.5. The number of hydrogen-bond acceptors (Lipinski definition) is 4. The second-order valence-corrected chi connectivity index (χ2v) is 7.55. The molecule has 0 bridgehead atoms. The molecular formula is C21H41NO5. The molecule has 27 heavy (non-hydrogen) atoms. The topological polar surface area (TPSA) is 98.1 Å². The van der Waals surface area contributed by atoms with E-state index in [0.29, 0.717) is 19.4 Å². The molecule has 0 aromatic rings. The summed E-state index contributed by atoms with van der Waals surface area (Å²) in [7, 11) is 0. The van der Waals surface area contributed by atoms with E-state index in [1.54, 1.807) is 0 Å². The highest BCUT2D eigenvalue weighted by Gasteiger charge is 2.28. The van der Waals surface area contributed by atoms with Gasteiger partial charge in [-0.15, -0.1) is 0 Å². The Bertz CT molecular complexity index is 376. The maximum atomic E-state index is 10.3. The number of carbonyl (C=O) groups is 2. The van der Waals surface area contributed by atoms with Gasteiger partial charge in [0.05, 0.1) is 0 Å². The normalized spacial score (nSPS) is 16.7. The van der Waals surface area contributed by atoms with Gasteiger partial charge in [-0.1, -0.05) is 84.0 Å². The standard InChI is InChI=1S/C16H32O2.C5H9NO3/c1-2-3-4-5-6-7-8-9-10-11-12-13-14-15-16(17)18;7-5(8)4-2-1-3-6(4)9/h2-15H2,1H3,(H,17,18);4,9H,1-3H2,(H,7,8). The molecule has 160 valence electrons. The molecule has 0 saturated carbocycles. The van der Waals surface area contributed by atoms with Gasteiger partial charge in [0.1, 0.15) is 6.04 Å². The average Bonchev–Trinajstić information content (AvgIpc) is 3.05. The molecule has 1 fully saturated rings. The van der Waals surface area contributed by atoms with Crippen LogP contribution < -0.4 is 0 Å². The first kappa shape index (κ1) is 25.9. The van der Waals surface area contributed by atoms with Crippen LogP contribution in [-0.4, -0.2) is 45.0 Å². The zero-order valence-electron chi connectivity index (χ0n) is 17.2. The zero-order chi connectivity index (χ0) is 20.3. The van der Waals surface area contributed by atoms with Crippen LogP contribution in [0.5, 0.6) is 0 Å². The lowest BCUT2D eigenvalue weighted by Gasteiger charge is -2.11. The van der Waals surface area contributed by atoms with Crippen molar-refractivity contribution in [3.63, 3.8) is 0 Å². The fraction of sp³-hybridized carbons (Fsp3) is 0.905. The largest absolute Gasteiger partial charge is 0.481 e. The minimum atomic E-state index is -0.935. The fourth-order valence-corrected chi connectivity index (χ4v) is 3.30. The van der Waals surface area contributed by atoms with Crippen LogP contribution in [0.4, 0.5) is 0 Å². The highest BCUT2D eigenvalue weighted by atomic mass is 16.5. The summed E-state index contributed by atoms with van der Waals surface area (Å²) in [4.78, 5) is 20.5. The minimum Gasteiger partial charge on any atom is -0.481 e. The predicted molar refractivity (Wildman–Crippen MR) is 107 cm³/mol. The molecule has 1 aliphatic heterocycles. The Morgan fingerprint density at radius 1 is 0.815 bits per heavy atom. The third-order valence-corrected chi connectivity index (χ3v) is 5.00. The molecule has 1 saturated heterocycles. The van der Waals surface area contributed by atoms with Gasteiger partial charge in [0.2, 0.25) is 0 Å². The quantitative estimate of drug-likeness (QED) is 0.322. The molecule has 0 amide bonds. The first-order chi connectivity index (χ1) is 13.0. The molecule has 0 aliphatic carbocycles. The summed E-state index contributed by atoms with van der Waals surface area (Å²) < 4.78 is 0. The van der Waals surface area contributed by atoms with Crippen LogP contribution in [0.25, 0.3) is 0 Å². The Hall–Kier alpha value is -1.14. The van der Waals surface area contributed by atoms with Crippen molar-refractivity contribution >= 4 is 11.9 Å². The Morgan fingerprint density at radius 3 is 1.56 bits per heavy atom. The smallest absolute Gasteiger partial charge is 0.323 e. The third kappa shape index (κ3) is 16.7. The fourth-order valence-electron chi connectivity index (χ4n) is 3.30. The van der Waals surface area contributed by atoms with E-state index < -0.39 is 18.0 Å². The van der Waals surface area contributed by atoms with Gasteiger partial charge in [0, 0.05) is 13.0 Å². The lowest BCUT2D eigenvalue weighted by Crippen LogP contribution is -2.32. The molecule has 0 spiro atoms. The summed E-state index contributed by atoms with van der Waals surface area (Å²) in [5.41, 5.74) is 0. The number of unbranched alkanes of at least 4 members (excludes halogenated alkanes) is 12. The lowest BCUT2D eigenvalue weighted by atomic mass is 10.0. The first-order valence-corrected chi connectivity index (χ1v) is 10.9. The molecule has 1 atom stereocenters. The minimum absolute atomic E-state index is 0.345. The van der Waals surface area contributed by atoms with Gasteiger partial charge in [-0.05, 0) is 19.3 Å². The molecular weight excluding hydrogens is 346 g/mol. The van der Waals surface area contributed by atoms with Crippen molar-refractivity contribution in [1.82, 2.24) is 5.06 Å². The van der Waals surface area contributed by atoms with E-state index >= 15 is 0 Å². The van der Waals surface area contributed by atoms with E-state index in [9.17, 15) is 9.59 Å². The van der Waals surface area contributed by atoms with E-state index in [1.165, 1.54) is 70.6 Å². The lowest BCUT2D eigenvalue weighted by molar-refractivity contribution is -0.161. The van der Waals surface area contributed by atoms with Gasteiger partial charge in [-0.2, -0.15) is 5.06 Å². The first-order valence-electron chi connectivity index (χ1n) is 10.9. The number of rotatable bonds is 15. The van der Waals surface area contributed by atoms with Gasteiger partial charge in [0.25, 0.3) is 0 Å². The predicted octanol–water partition coefficient (Wildman–Crippen LogP) is 5.48. The molecule has 0 aromatic carbocycles. The number of carboxylic acids is 2. The van der Waals surface area contributed by atoms with Gasteiger partial charge >= 0.3 is 11.9 Å². The summed E-state index contributed by atoms with van der Waals surface area (Å²) in [6.45, 7) is 2.74. The third-order valence-electron chi connectivity index (χ3n) is 5.00. The summed E-state index contributed by atoms with van der Waals surface area (Å²) in [6, 6.07) is -0.662. The van der Waals surface area contributed by atoms with Crippen molar-refractivity contribution in [3.05, 3.63) is 0 Å². The van der Waals surface area contributed by atoms with Crippen LogP contribution in [0.2, 0.25) is 0 Å². The van der Waals surface area contributed by atoms with Gasteiger partial charge in [0.15, 0.2) is 0 Å². The van der Waals surface area contributed by atoms with Crippen LogP contribution in [0.1, 0.15) is 110 Å². The van der Waals surface area contributed by atoms with E-state index in [0.717, 1.165) is 24.3 Å². The number of nitrogens with zero attached hydrogens (tertiary/aromatic N) is 1. The summed E-state index contributed by atoms with van der Waals surface area (Å²) >= 11 is 0. The van der Waals surface area contributed by atoms with Crippen molar-refractivity contribution in [2.75, 3.05) is 6.54 Å². The summed E-state index contributed by atoms with van der Waals surface area (Å²) in [5.74, 6) is -1.59. The van der Waals surface area contributed by atoms with Crippen molar-refractivity contribution in [2.45, 2.75) is 116 Å². The van der Waals surface area contributed by atoms with Crippen molar-refractivity contribution in [3.8, 4) is 0 Å². The highest BCUT2D eigenvalue weighted by Crippen LogP contribution is 2.14. The Balaban J connectivity index is 0.000000621. The maximum absolute atomic E-state index is 10.3. The summed E-state index contributed by atoms with van der Waals surface area (Å²) in [5, 5.41) is 26.6. The highest BCUT2D eigenvalue weighted by molar-refractivity contribution is 5.73. The van der Waals surface area contributed by atoms with E-state index in [1.807, 2.05) is 0 Å². The van der Waals surface area contributed by atoms with Crippen LogP contribution in [0, 0.1) is 0 Å². The number of hydroxylamine groups is 2. The number of hydrogen-bond donors (Lipinski definition) is 3. The maximum Gasteiger partial charge on any atom is 0.323 e. The Morgan fingerprint density at radius 2 is 1.26 bits per heavy atom. The Labute approximate surface area is 164 Å². The molecule has 1 rings (SSSR count). The molecule has 1 heterocycles. The van der Waals surface area contributed by atoms with Gasteiger partial charge in [-0.25, -0.2) is 0 Å². The molecule has 6 nitrogen and oxygen atoms in total. The molecule has 6 heteroatoms. The van der Waals surface area contributed by atoms with Crippen LogP contribution >= 0.6 is 0 Å². The van der Waals surface area contributed by atoms with Crippen molar-refractivity contribution < 1.29 is 25.0 Å². The van der Waals surface area contributed by atoms with Crippen molar-refractivity contribution in [1.29, 1.82) is 0 Å². The van der Waals surface area contributed by atoms with E-state index in [4.69, 9.17) is 15.4 Å². The molecule has 0 radical (unpaired) electrons. The van der Waals surface area contributed by atoms with Gasteiger partial charge < -0.3 is 15.4 Å². The van der Waals surface area contributed by atoms with Crippen LogP contribution in [-0.2, 0) is 9.59 Å². The van der Waals surface area contributed by atoms with Crippen LogP contribution in [0.3, 0.4) is 0 Å². The van der Waals surface area contributed by atoms with E-state index in [2.05, 4.69) is 6.92 Å². The average molecular weight is 388 g/mol. The number of aliphatic carboxylic acids is 2. The SMILES string of the molecule is CCCCCCCCCCCCCCCC(=O)O.O=C(O)C1CCCN1O. The van der Waals surface area contributed by atoms with Gasteiger partial charge in [-0.3, -0.25) is 9.59 Å². The molecule has 0 aromatic heterocycles.